The van der Waals surface area contributed by atoms with Crippen molar-refractivity contribution in [2.45, 2.75) is 37.5 Å². The van der Waals surface area contributed by atoms with E-state index >= 15 is 0 Å². The van der Waals surface area contributed by atoms with E-state index in [1.807, 2.05) is 0 Å². The Kier molecular flexibility index (Phi) is 4.19. The van der Waals surface area contributed by atoms with Crippen LogP contribution in [-0.2, 0) is 0 Å². The minimum absolute atomic E-state index is 0.126. The van der Waals surface area contributed by atoms with Crippen LogP contribution in [0.4, 0.5) is 0 Å². The number of aliphatic hydroxyl groups is 1. The fraction of sp³-hybridized carbons (Fsp3) is 1.00. The first-order valence-corrected chi connectivity index (χ1v) is 6.45. The summed E-state index contributed by atoms with van der Waals surface area (Å²) < 4.78 is 0. The average molecular weight is 227 g/mol. The smallest absolute Gasteiger partial charge is 0.0680 e. The average Bonchev–Trinajstić information content (AvgIpc) is 2.64. The van der Waals surface area contributed by atoms with Crippen LogP contribution in [0.25, 0.3) is 0 Å². The Balaban J connectivity index is 1.77. The fourth-order valence-electron chi connectivity index (χ4n) is 2.87. The van der Waals surface area contributed by atoms with Gasteiger partial charge in [0, 0.05) is 31.7 Å². The van der Waals surface area contributed by atoms with E-state index in [2.05, 4.69) is 29.2 Å². The van der Waals surface area contributed by atoms with E-state index in [-0.39, 0.29) is 6.10 Å². The summed E-state index contributed by atoms with van der Waals surface area (Å²) in [5.74, 6) is 0. The lowest BCUT2D eigenvalue weighted by molar-refractivity contribution is 0.123. The van der Waals surface area contributed by atoms with Crippen molar-refractivity contribution in [2.24, 2.45) is 0 Å². The van der Waals surface area contributed by atoms with Crippen LogP contribution in [-0.4, -0.2) is 73.4 Å². The number of aliphatic hydroxyl groups excluding tert-OH is 1. The van der Waals surface area contributed by atoms with Gasteiger partial charge in [0.1, 0.15) is 0 Å². The van der Waals surface area contributed by atoms with Crippen LogP contribution >= 0.6 is 0 Å². The Labute approximate surface area is 98.6 Å². The van der Waals surface area contributed by atoms with E-state index in [0.29, 0.717) is 12.1 Å². The normalized spacial score (nSPS) is 37.1. The molecule has 4 heteroatoms. The minimum Gasteiger partial charge on any atom is -0.392 e. The highest BCUT2D eigenvalue weighted by Crippen LogP contribution is 2.16. The zero-order valence-corrected chi connectivity index (χ0v) is 10.5. The second-order valence-electron chi connectivity index (χ2n) is 5.51. The van der Waals surface area contributed by atoms with E-state index in [4.69, 9.17) is 0 Å². The molecule has 94 valence electrons. The number of rotatable bonds is 3. The molecule has 0 spiro atoms. The quantitative estimate of drug-likeness (QED) is 0.696. The summed E-state index contributed by atoms with van der Waals surface area (Å²) in [5, 5.41) is 12.9. The minimum atomic E-state index is -0.126. The summed E-state index contributed by atoms with van der Waals surface area (Å²) in [5.41, 5.74) is 0. The molecule has 0 amide bonds. The lowest BCUT2D eigenvalue weighted by atomic mass is 10.0. The predicted octanol–water partition coefficient (Wildman–Crippen LogP) is -0.265. The van der Waals surface area contributed by atoms with Gasteiger partial charge in [0.25, 0.3) is 0 Å². The number of β-amino-alcohol motifs (C(OH)–C–C–N with tert-alkyl or cyclic N) is 1. The molecule has 0 saturated carbocycles. The zero-order chi connectivity index (χ0) is 11.5. The molecule has 2 aliphatic heterocycles. The molecule has 0 aliphatic carbocycles. The molecule has 0 radical (unpaired) electrons. The van der Waals surface area contributed by atoms with Gasteiger partial charge in [-0.25, -0.2) is 0 Å². The lowest BCUT2D eigenvalue weighted by Crippen LogP contribution is -2.48. The van der Waals surface area contributed by atoms with Gasteiger partial charge in [0.15, 0.2) is 0 Å². The van der Waals surface area contributed by atoms with Gasteiger partial charge in [0.2, 0.25) is 0 Å². The molecule has 16 heavy (non-hydrogen) atoms. The van der Waals surface area contributed by atoms with Crippen LogP contribution in [0.3, 0.4) is 0 Å². The number of hydrogen-bond acceptors (Lipinski definition) is 4. The maximum Gasteiger partial charge on any atom is 0.0680 e. The molecule has 2 fully saturated rings. The first-order chi connectivity index (χ1) is 7.65. The maximum absolute atomic E-state index is 9.48. The second-order valence-corrected chi connectivity index (χ2v) is 5.51. The number of hydrogen-bond donors (Lipinski definition) is 2. The summed E-state index contributed by atoms with van der Waals surface area (Å²) in [6.07, 6.45) is 3.42. The summed E-state index contributed by atoms with van der Waals surface area (Å²) in [6, 6.07) is 1.20. The van der Waals surface area contributed by atoms with Crippen molar-refractivity contribution in [1.29, 1.82) is 0 Å². The molecule has 2 rings (SSSR count). The van der Waals surface area contributed by atoms with Gasteiger partial charge in [-0.1, -0.05) is 0 Å². The number of likely N-dealkylation sites (tertiary alicyclic amines) is 1. The van der Waals surface area contributed by atoms with E-state index in [9.17, 15) is 5.11 Å². The fourth-order valence-corrected chi connectivity index (χ4v) is 2.87. The van der Waals surface area contributed by atoms with Crippen LogP contribution in [0.5, 0.6) is 0 Å². The van der Waals surface area contributed by atoms with Crippen molar-refractivity contribution in [3.05, 3.63) is 0 Å². The van der Waals surface area contributed by atoms with Gasteiger partial charge in [-0.2, -0.15) is 0 Å². The van der Waals surface area contributed by atoms with Crippen molar-refractivity contribution in [3.8, 4) is 0 Å². The predicted molar refractivity (Wildman–Crippen MR) is 65.6 cm³/mol. The SMILES string of the molecule is CN(C)C1CCCN(CC2CC(O)CN2)C1. The van der Waals surface area contributed by atoms with Gasteiger partial charge in [-0.15, -0.1) is 0 Å². The van der Waals surface area contributed by atoms with E-state index in [0.717, 1.165) is 19.5 Å². The monoisotopic (exact) mass is 227 g/mol. The summed E-state index contributed by atoms with van der Waals surface area (Å²) in [4.78, 5) is 4.88. The van der Waals surface area contributed by atoms with Crippen molar-refractivity contribution in [2.75, 3.05) is 40.3 Å². The molecule has 2 N–H and O–H groups in total. The summed E-state index contributed by atoms with van der Waals surface area (Å²) in [6.45, 7) is 4.27. The van der Waals surface area contributed by atoms with Crippen molar-refractivity contribution in [3.63, 3.8) is 0 Å². The largest absolute Gasteiger partial charge is 0.392 e. The van der Waals surface area contributed by atoms with Crippen LogP contribution < -0.4 is 5.32 Å². The van der Waals surface area contributed by atoms with Gasteiger partial charge < -0.3 is 20.2 Å². The molecule has 2 aliphatic rings. The topological polar surface area (TPSA) is 38.7 Å². The van der Waals surface area contributed by atoms with Gasteiger partial charge in [-0.3, -0.25) is 0 Å². The highest BCUT2D eigenvalue weighted by Gasteiger charge is 2.27. The van der Waals surface area contributed by atoms with Gasteiger partial charge >= 0.3 is 0 Å². The Morgan fingerprint density at radius 2 is 2.25 bits per heavy atom. The second kappa shape index (κ2) is 5.45. The number of nitrogens with zero attached hydrogens (tertiary/aromatic N) is 2. The third kappa shape index (κ3) is 3.17. The molecule has 3 atom stereocenters. The van der Waals surface area contributed by atoms with Crippen LogP contribution in [0.2, 0.25) is 0 Å². The highest BCUT2D eigenvalue weighted by atomic mass is 16.3. The molecule has 2 saturated heterocycles. The van der Waals surface area contributed by atoms with Crippen LogP contribution in [0.15, 0.2) is 0 Å². The highest BCUT2D eigenvalue weighted by molar-refractivity contribution is 4.86. The van der Waals surface area contributed by atoms with Gasteiger partial charge in [-0.05, 0) is 39.9 Å². The molecular weight excluding hydrogens is 202 g/mol. The maximum atomic E-state index is 9.48. The summed E-state index contributed by atoms with van der Waals surface area (Å²) >= 11 is 0. The Morgan fingerprint density at radius 1 is 1.44 bits per heavy atom. The molecule has 4 nitrogen and oxygen atoms in total. The van der Waals surface area contributed by atoms with Gasteiger partial charge in [0.05, 0.1) is 6.10 Å². The lowest BCUT2D eigenvalue weighted by Gasteiger charge is -2.37. The van der Waals surface area contributed by atoms with E-state index in [1.165, 1.54) is 25.9 Å². The molecule has 0 aromatic rings. The third-order valence-corrected chi connectivity index (χ3v) is 3.89. The zero-order valence-electron chi connectivity index (χ0n) is 10.5. The summed E-state index contributed by atoms with van der Waals surface area (Å²) in [7, 11) is 4.34. The van der Waals surface area contributed by atoms with E-state index in [1.54, 1.807) is 0 Å². The van der Waals surface area contributed by atoms with Crippen molar-refractivity contribution < 1.29 is 5.11 Å². The standard InChI is InChI=1S/C12H25N3O/c1-14(2)11-4-3-5-15(9-11)8-10-6-12(16)7-13-10/h10-13,16H,3-9H2,1-2H3. The van der Waals surface area contributed by atoms with Crippen LogP contribution in [0.1, 0.15) is 19.3 Å². The molecule has 2 heterocycles. The van der Waals surface area contributed by atoms with Crippen LogP contribution in [0, 0.1) is 0 Å². The molecule has 3 unspecified atom stereocenters. The molecule has 0 bridgehead atoms. The number of likely N-dealkylation sites (N-methyl/N-ethyl adjacent to an activating group) is 1. The Morgan fingerprint density at radius 3 is 2.88 bits per heavy atom. The first-order valence-electron chi connectivity index (χ1n) is 6.45. The van der Waals surface area contributed by atoms with Crippen molar-refractivity contribution in [1.82, 2.24) is 15.1 Å². The molecular formula is C12H25N3O. The number of piperidine rings is 1. The molecule has 0 aromatic carbocycles. The van der Waals surface area contributed by atoms with Crippen molar-refractivity contribution >= 4 is 0 Å². The Hall–Kier alpha value is -0.160. The molecule has 0 aromatic heterocycles. The Bertz CT molecular complexity index is 222. The third-order valence-electron chi connectivity index (χ3n) is 3.89. The van der Waals surface area contributed by atoms with E-state index < -0.39 is 0 Å². The first kappa shape index (κ1) is 12.3. The number of nitrogens with one attached hydrogen (secondary N) is 1.